The molecule has 0 spiro atoms. The Bertz CT molecular complexity index is 411. The largest absolute Gasteiger partial charge is 0.396 e. The van der Waals surface area contributed by atoms with Crippen LogP contribution < -0.4 is 5.32 Å². The molecule has 1 aromatic heterocycles. The fourth-order valence-corrected chi connectivity index (χ4v) is 5.21. The first-order chi connectivity index (χ1) is 8.91. The molecule has 1 aliphatic heterocycles. The third-order valence-corrected chi connectivity index (χ3v) is 6.12. The van der Waals surface area contributed by atoms with E-state index in [1.54, 1.807) is 0 Å². The van der Waals surface area contributed by atoms with E-state index in [2.05, 4.69) is 44.5 Å². The van der Waals surface area contributed by atoms with Gasteiger partial charge in [0, 0.05) is 23.9 Å². The predicted molar refractivity (Wildman–Crippen MR) is 85.1 cm³/mol. The lowest BCUT2D eigenvalue weighted by molar-refractivity contribution is 0.182. The first kappa shape index (κ1) is 15.4. The number of aliphatic hydroxyl groups excluding tert-OH is 1. The zero-order valence-corrected chi connectivity index (χ0v) is 13.9. The topological polar surface area (TPSA) is 32.3 Å². The minimum atomic E-state index is 0.173. The summed E-state index contributed by atoms with van der Waals surface area (Å²) >= 11 is 3.85. The molecule has 0 aromatic carbocycles. The second kappa shape index (κ2) is 6.17. The number of fused-ring (bicyclic) bond motifs is 1. The molecule has 2 unspecified atom stereocenters. The number of thiophene rings is 1. The van der Waals surface area contributed by atoms with E-state index < -0.39 is 0 Å². The van der Waals surface area contributed by atoms with E-state index in [1.807, 2.05) is 23.1 Å². The van der Waals surface area contributed by atoms with Gasteiger partial charge in [-0.25, -0.2) is 0 Å². The fraction of sp³-hybridized carbons (Fsp3) is 0.733. The first-order valence-corrected chi connectivity index (χ1v) is 8.78. The summed E-state index contributed by atoms with van der Waals surface area (Å²) < 4.78 is 1.47. The Morgan fingerprint density at radius 2 is 2.21 bits per heavy atom. The van der Waals surface area contributed by atoms with Crippen LogP contribution in [0.2, 0.25) is 0 Å². The van der Waals surface area contributed by atoms with Crippen LogP contribution in [0.5, 0.6) is 0 Å². The van der Waals surface area contributed by atoms with E-state index in [4.69, 9.17) is 0 Å². The van der Waals surface area contributed by atoms with Gasteiger partial charge in [-0.15, -0.1) is 23.1 Å². The van der Waals surface area contributed by atoms with E-state index in [9.17, 15) is 5.11 Å². The van der Waals surface area contributed by atoms with Crippen LogP contribution in [-0.2, 0) is 0 Å². The normalized spacial score (nSPS) is 25.1. The van der Waals surface area contributed by atoms with Gasteiger partial charge in [0.05, 0.1) is 4.21 Å². The van der Waals surface area contributed by atoms with Crippen molar-refractivity contribution in [3.05, 3.63) is 17.0 Å². The molecule has 3 atom stereocenters. The number of thioether (sulfide) groups is 1. The number of aliphatic hydroxyl groups is 1. The average molecular weight is 300 g/mol. The van der Waals surface area contributed by atoms with E-state index >= 15 is 0 Å². The van der Waals surface area contributed by atoms with Gasteiger partial charge < -0.3 is 10.4 Å². The molecular formula is C15H25NOS2. The lowest BCUT2D eigenvalue weighted by Crippen LogP contribution is -2.44. The van der Waals surface area contributed by atoms with Crippen molar-refractivity contribution in [3.63, 3.8) is 0 Å². The molecule has 2 heterocycles. The van der Waals surface area contributed by atoms with Crippen LogP contribution in [0, 0.1) is 5.41 Å². The summed E-state index contributed by atoms with van der Waals surface area (Å²) in [6.45, 7) is 9.30. The molecule has 0 saturated carbocycles. The SMILES string of the molecule is C[C@H]1CC(NC(CCO)C(C)(C)C)c2ccsc2S1. The van der Waals surface area contributed by atoms with Crippen LogP contribution in [0.15, 0.2) is 15.7 Å². The summed E-state index contributed by atoms with van der Waals surface area (Å²) in [5.74, 6) is 0. The molecule has 0 bridgehead atoms. The Balaban J connectivity index is 2.14. The third-order valence-electron chi connectivity index (χ3n) is 3.78. The van der Waals surface area contributed by atoms with E-state index in [0.29, 0.717) is 17.3 Å². The van der Waals surface area contributed by atoms with Crippen LogP contribution in [0.1, 0.15) is 52.1 Å². The average Bonchev–Trinajstić information content (AvgIpc) is 2.74. The molecule has 2 rings (SSSR count). The number of nitrogens with one attached hydrogen (secondary N) is 1. The second-order valence-corrected chi connectivity index (χ2v) is 9.10. The molecule has 2 N–H and O–H groups in total. The molecule has 19 heavy (non-hydrogen) atoms. The highest BCUT2D eigenvalue weighted by Crippen LogP contribution is 2.44. The molecule has 0 amide bonds. The smallest absolute Gasteiger partial charge is 0.0649 e. The standard InChI is InChI=1S/C15H25NOS2/c1-10-9-12(11-6-8-18-14(11)19-10)16-13(5-7-17)15(2,3)4/h6,8,10,12-13,16-17H,5,7,9H2,1-4H3/t10-,12?,13?/m0/s1. The third kappa shape index (κ3) is 3.75. The Morgan fingerprint density at radius 3 is 2.84 bits per heavy atom. The molecule has 2 nitrogen and oxygen atoms in total. The van der Waals surface area contributed by atoms with Crippen molar-refractivity contribution in [2.75, 3.05) is 6.61 Å². The van der Waals surface area contributed by atoms with E-state index in [1.165, 1.54) is 16.2 Å². The predicted octanol–water partition coefficient (Wildman–Crippen LogP) is 4.06. The molecule has 0 radical (unpaired) electrons. The van der Waals surface area contributed by atoms with Crippen molar-refractivity contribution < 1.29 is 5.11 Å². The van der Waals surface area contributed by atoms with Crippen LogP contribution in [0.4, 0.5) is 0 Å². The number of hydrogen-bond donors (Lipinski definition) is 2. The maximum Gasteiger partial charge on any atom is 0.0649 e. The molecule has 1 aromatic rings. The minimum absolute atomic E-state index is 0.173. The summed E-state index contributed by atoms with van der Waals surface area (Å²) in [5, 5.41) is 16.0. The summed E-state index contributed by atoms with van der Waals surface area (Å²) in [6.07, 6.45) is 1.99. The van der Waals surface area contributed by atoms with Gasteiger partial charge in [-0.05, 0) is 35.3 Å². The zero-order valence-electron chi connectivity index (χ0n) is 12.3. The molecule has 0 saturated heterocycles. The first-order valence-electron chi connectivity index (χ1n) is 7.02. The van der Waals surface area contributed by atoms with Crippen LogP contribution in [0.25, 0.3) is 0 Å². The Hall–Kier alpha value is -0.0300. The summed E-state index contributed by atoms with van der Waals surface area (Å²) in [5.41, 5.74) is 1.63. The molecular weight excluding hydrogens is 274 g/mol. The Morgan fingerprint density at radius 1 is 1.47 bits per heavy atom. The molecule has 1 aliphatic rings. The zero-order chi connectivity index (χ0) is 14.0. The molecule has 4 heteroatoms. The highest BCUT2D eigenvalue weighted by atomic mass is 32.2. The van der Waals surface area contributed by atoms with Crippen molar-refractivity contribution in [2.24, 2.45) is 5.41 Å². The fourth-order valence-electron chi connectivity index (χ4n) is 2.65. The van der Waals surface area contributed by atoms with Gasteiger partial charge in [-0.1, -0.05) is 27.7 Å². The summed E-state index contributed by atoms with van der Waals surface area (Å²) in [6, 6.07) is 3.05. The highest BCUT2D eigenvalue weighted by molar-refractivity contribution is 8.01. The van der Waals surface area contributed by atoms with Gasteiger partial charge in [-0.2, -0.15) is 0 Å². The Labute approximate surface area is 125 Å². The summed E-state index contributed by atoms with van der Waals surface area (Å²) in [7, 11) is 0. The maximum atomic E-state index is 9.29. The van der Waals surface area contributed by atoms with Crippen LogP contribution >= 0.6 is 23.1 Å². The highest BCUT2D eigenvalue weighted by Gasteiger charge is 2.31. The monoisotopic (exact) mass is 299 g/mol. The van der Waals surface area contributed by atoms with Gasteiger partial charge in [0.2, 0.25) is 0 Å². The molecule has 0 aliphatic carbocycles. The van der Waals surface area contributed by atoms with Crippen molar-refractivity contribution in [3.8, 4) is 0 Å². The quantitative estimate of drug-likeness (QED) is 0.879. The van der Waals surface area contributed by atoms with E-state index in [0.717, 1.165) is 6.42 Å². The summed E-state index contributed by atoms with van der Waals surface area (Å²) in [4.78, 5) is 0. The van der Waals surface area contributed by atoms with Crippen molar-refractivity contribution in [1.29, 1.82) is 0 Å². The number of rotatable bonds is 4. The maximum absolute atomic E-state index is 9.29. The molecule has 108 valence electrons. The lowest BCUT2D eigenvalue weighted by atomic mass is 9.84. The van der Waals surface area contributed by atoms with Gasteiger partial charge in [-0.3, -0.25) is 0 Å². The van der Waals surface area contributed by atoms with Crippen molar-refractivity contribution in [2.45, 2.75) is 62.1 Å². The van der Waals surface area contributed by atoms with Gasteiger partial charge in [0.25, 0.3) is 0 Å². The van der Waals surface area contributed by atoms with Crippen LogP contribution in [-0.4, -0.2) is 23.0 Å². The van der Waals surface area contributed by atoms with Gasteiger partial charge >= 0.3 is 0 Å². The lowest BCUT2D eigenvalue weighted by Gasteiger charge is -2.37. The van der Waals surface area contributed by atoms with Crippen LogP contribution in [0.3, 0.4) is 0 Å². The molecule has 0 fully saturated rings. The Kier molecular flexibility index (Phi) is 4.99. The van der Waals surface area contributed by atoms with Crippen molar-refractivity contribution >= 4 is 23.1 Å². The minimum Gasteiger partial charge on any atom is -0.396 e. The van der Waals surface area contributed by atoms with Crippen molar-refractivity contribution in [1.82, 2.24) is 5.32 Å². The number of hydrogen-bond acceptors (Lipinski definition) is 4. The van der Waals surface area contributed by atoms with Gasteiger partial charge in [0.15, 0.2) is 0 Å². The van der Waals surface area contributed by atoms with Gasteiger partial charge in [0.1, 0.15) is 0 Å². The second-order valence-electron chi connectivity index (χ2n) is 6.48. The van der Waals surface area contributed by atoms with E-state index in [-0.39, 0.29) is 12.0 Å².